The number of thiocarbonyl (C=S) groups is 1. The fourth-order valence-corrected chi connectivity index (χ4v) is 3.08. The van der Waals surface area contributed by atoms with Crippen LogP contribution in [-0.4, -0.2) is 52.9 Å². The number of nitrogens with zero attached hydrogens (tertiary/aromatic N) is 2. The van der Waals surface area contributed by atoms with Crippen LogP contribution < -0.4 is 5.73 Å². The number of hydrogen-bond acceptors (Lipinski definition) is 4. The molecule has 1 saturated heterocycles. The minimum absolute atomic E-state index is 0.153. The third kappa shape index (κ3) is 4.28. The van der Waals surface area contributed by atoms with Crippen molar-refractivity contribution in [2.24, 2.45) is 5.73 Å². The van der Waals surface area contributed by atoms with Gasteiger partial charge < -0.3 is 15.1 Å². The highest BCUT2D eigenvalue weighted by Crippen LogP contribution is 2.12. The summed E-state index contributed by atoms with van der Waals surface area (Å²) in [6.45, 7) is 5.25. The maximum Gasteiger partial charge on any atom is 0.223 e. The van der Waals surface area contributed by atoms with Crippen molar-refractivity contribution in [3.8, 4) is 0 Å². The first kappa shape index (κ1) is 16.0. The molecule has 6 heteroatoms. The quantitative estimate of drug-likeness (QED) is 0.805. The molecule has 1 fully saturated rings. The summed E-state index contributed by atoms with van der Waals surface area (Å²) in [5.74, 6) is 1.05. The van der Waals surface area contributed by atoms with E-state index in [1.165, 1.54) is 0 Å². The van der Waals surface area contributed by atoms with E-state index < -0.39 is 0 Å². The fourth-order valence-electron chi connectivity index (χ4n) is 2.77. The molecule has 0 spiro atoms. The van der Waals surface area contributed by atoms with Gasteiger partial charge in [-0.25, -0.2) is 0 Å². The Hall–Kier alpha value is -1.40. The van der Waals surface area contributed by atoms with E-state index >= 15 is 0 Å². The highest BCUT2D eigenvalue weighted by Gasteiger charge is 2.26. The summed E-state index contributed by atoms with van der Waals surface area (Å²) >= 11 is 5.11. The van der Waals surface area contributed by atoms with Crippen molar-refractivity contribution < 1.29 is 9.21 Å². The van der Waals surface area contributed by atoms with Crippen LogP contribution in [0.3, 0.4) is 0 Å². The van der Waals surface area contributed by atoms with E-state index in [1.54, 1.807) is 6.26 Å². The Morgan fingerprint density at radius 2 is 2.14 bits per heavy atom. The number of hydrogen-bond donors (Lipinski definition) is 1. The van der Waals surface area contributed by atoms with Crippen molar-refractivity contribution in [2.45, 2.75) is 32.2 Å². The van der Waals surface area contributed by atoms with Gasteiger partial charge in [0.15, 0.2) is 0 Å². The molecule has 1 aliphatic rings. The van der Waals surface area contributed by atoms with Crippen molar-refractivity contribution in [1.29, 1.82) is 0 Å². The Morgan fingerprint density at radius 3 is 2.67 bits per heavy atom. The molecule has 1 atom stereocenters. The molecule has 5 nitrogen and oxygen atoms in total. The molecule has 0 aromatic carbocycles. The van der Waals surface area contributed by atoms with E-state index in [2.05, 4.69) is 11.8 Å². The third-order valence-electron chi connectivity index (χ3n) is 3.99. The lowest BCUT2D eigenvalue weighted by molar-refractivity contribution is -0.133. The van der Waals surface area contributed by atoms with Crippen LogP contribution >= 0.6 is 12.2 Å². The lowest BCUT2D eigenvalue weighted by atomic mass is 10.1. The van der Waals surface area contributed by atoms with E-state index in [-0.39, 0.29) is 11.9 Å². The van der Waals surface area contributed by atoms with Gasteiger partial charge in [0.1, 0.15) is 5.76 Å². The summed E-state index contributed by atoms with van der Waals surface area (Å²) in [5, 5.41) is 0. The number of rotatable bonds is 6. The molecule has 1 aliphatic heterocycles. The predicted molar refractivity (Wildman–Crippen MR) is 86.0 cm³/mol. The summed E-state index contributed by atoms with van der Waals surface area (Å²) in [5.41, 5.74) is 5.77. The number of carbonyl (C=O) groups excluding carboxylic acids is 1. The normalized spacial score (nSPS) is 17.7. The van der Waals surface area contributed by atoms with Crippen LogP contribution in [0.25, 0.3) is 0 Å². The average molecular weight is 309 g/mol. The first-order chi connectivity index (χ1) is 10.1. The van der Waals surface area contributed by atoms with Crippen LogP contribution in [0.2, 0.25) is 0 Å². The lowest BCUT2D eigenvalue weighted by Crippen LogP contribution is -2.54. The monoisotopic (exact) mass is 309 g/mol. The number of furan rings is 1. The van der Waals surface area contributed by atoms with Crippen LogP contribution in [0, 0.1) is 0 Å². The molecular formula is C15H23N3O2S. The standard InChI is InChI=1S/C15H23N3O2S/c1-2-13(15(16)21)17-7-9-18(10-8-17)14(19)6-5-12-4-3-11-20-12/h3-4,11,13H,2,5-10H2,1H3,(H2,16,21). The average Bonchev–Trinajstić information content (AvgIpc) is 2.99. The van der Waals surface area contributed by atoms with Gasteiger partial charge in [-0.15, -0.1) is 0 Å². The molecule has 2 rings (SSSR count). The number of amides is 1. The van der Waals surface area contributed by atoms with E-state index in [4.69, 9.17) is 22.4 Å². The summed E-state index contributed by atoms with van der Waals surface area (Å²) in [6.07, 6.45) is 3.72. The molecule has 1 aromatic heterocycles. The Balaban J connectivity index is 1.77. The minimum Gasteiger partial charge on any atom is -0.469 e. The number of carbonyl (C=O) groups is 1. The minimum atomic E-state index is 0.153. The fraction of sp³-hybridized carbons (Fsp3) is 0.600. The Kier molecular flexibility index (Phi) is 5.76. The molecule has 0 radical (unpaired) electrons. The Bertz CT molecular complexity index is 467. The van der Waals surface area contributed by atoms with Gasteiger partial charge in [-0.3, -0.25) is 9.69 Å². The topological polar surface area (TPSA) is 62.7 Å². The van der Waals surface area contributed by atoms with Crippen LogP contribution in [0.1, 0.15) is 25.5 Å². The second kappa shape index (κ2) is 7.56. The molecular weight excluding hydrogens is 286 g/mol. The summed E-state index contributed by atoms with van der Waals surface area (Å²) < 4.78 is 5.25. The SMILES string of the molecule is CCC(C(N)=S)N1CCN(C(=O)CCc2ccco2)CC1. The molecule has 1 amide bonds. The van der Waals surface area contributed by atoms with Gasteiger partial charge in [0.2, 0.25) is 5.91 Å². The molecule has 21 heavy (non-hydrogen) atoms. The zero-order valence-corrected chi connectivity index (χ0v) is 13.3. The van der Waals surface area contributed by atoms with Gasteiger partial charge in [0, 0.05) is 39.0 Å². The molecule has 2 N–H and O–H groups in total. The second-order valence-corrected chi connectivity index (χ2v) is 5.79. The lowest BCUT2D eigenvalue weighted by Gasteiger charge is -2.38. The highest BCUT2D eigenvalue weighted by atomic mass is 32.1. The van der Waals surface area contributed by atoms with Crippen molar-refractivity contribution in [3.63, 3.8) is 0 Å². The van der Waals surface area contributed by atoms with E-state index in [0.717, 1.165) is 38.4 Å². The van der Waals surface area contributed by atoms with Crippen molar-refractivity contribution in [3.05, 3.63) is 24.2 Å². The zero-order valence-electron chi connectivity index (χ0n) is 12.5. The van der Waals surface area contributed by atoms with Crippen LogP contribution in [0.15, 0.2) is 22.8 Å². The van der Waals surface area contributed by atoms with Gasteiger partial charge >= 0.3 is 0 Å². The van der Waals surface area contributed by atoms with Gasteiger partial charge in [0.25, 0.3) is 0 Å². The van der Waals surface area contributed by atoms with Crippen LogP contribution in [0.4, 0.5) is 0 Å². The van der Waals surface area contributed by atoms with Gasteiger partial charge in [-0.05, 0) is 18.6 Å². The smallest absolute Gasteiger partial charge is 0.223 e. The maximum absolute atomic E-state index is 12.2. The molecule has 0 aliphatic carbocycles. The molecule has 0 saturated carbocycles. The largest absolute Gasteiger partial charge is 0.469 e. The number of nitrogens with two attached hydrogens (primary N) is 1. The summed E-state index contributed by atoms with van der Waals surface area (Å²) in [7, 11) is 0. The van der Waals surface area contributed by atoms with Crippen LogP contribution in [-0.2, 0) is 11.2 Å². The predicted octanol–water partition coefficient (Wildman–Crippen LogP) is 1.42. The van der Waals surface area contributed by atoms with Gasteiger partial charge in [0.05, 0.1) is 17.3 Å². The molecule has 116 valence electrons. The Morgan fingerprint density at radius 1 is 1.43 bits per heavy atom. The highest BCUT2D eigenvalue weighted by molar-refractivity contribution is 7.80. The third-order valence-corrected chi connectivity index (χ3v) is 4.26. The van der Waals surface area contributed by atoms with Crippen LogP contribution in [0.5, 0.6) is 0 Å². The molecule has 0 bridgehead atoms. The first-order valence-corrected chi connectivity index (χ1v) is 7.86. The molecule has 1 aromatic rings. The molecule has 1 unspecified atom stereocenters. The maximum atomic E-state index is 12.2. The van der Waals surface area contributed by atoms with Crippen molar-refractivity contribution in [1.82, 2.24) is 9.80 Å². The summed E-state index contributed by atoms with van der Waals surface area (Å²) in [6, 6.07) is 3.90. The summed E-state index contributed by atoms with van der Waals surface area (Å²) in [4.78, 5) is 16.9. The number of piperazine rings is 1. The van der Waals surface area contributed by atoms with Crippen molar-refractivity contribution in [2.75, 3.05) is 26.2 Å². The van der Waals surface area contributed by atoms with E-state index in [0.29, 0.717) is 17.8 Å². The zero-order chi connectivity index (χ0) is 15.2. The molecule has 2 heterocycles. The second-order valence-electron chi connectivity index (χ2n) is 5.32. The number of aryl methyl sites for hydroxylation is 1. The van der Waals surface area contributed by atoms with Crippen molar-refractivity contribution >= 4 is 23.1 Å². The van der Waals surface area contributed by atoms with Gasteiger partial charge in [-0.1, -0.05) is 19.1 Å². The van der Waals surface area contributed by atoms with Gasteiger partial charge in [-0.2, -0.15) is 0 Å². The Labute approximate surface area is 131 Å². The van der Waals surface area contributed by atoms with E-state index in [9.17, 15) is 4.79 Å². The van der Waals surface area contributed by atoms with E-state index in [1.807, 2.05) is 17.0 Å². The first-order valence-electron chi connectivity index (χ1n) is 7.45.